The van der Waals surface area contributed by atoms with E-state index in [0.717, 1.165) is 23.2 Å². The molecule has 102 valence electrons. The molecule has 6 heteroatoms. The second-order valence-electron chi connectivity index (χ2n) is 4.37. The molecule has 0 saturated heterocycles. The van der Waals surface area contributed by atoms with E-state index in [1.165, 1.54) is 6.26 Å². The van der Waals surface area contributed by atoms with Gasteiger partial charge in [0.05, 0.1) is 5.75 Å². The Morgan fingerprint density at radius 3 is 2.67 bits per heavy atom. The van der Waals surface area contributed by atoms with Crippen molar-refractivity contribution in [3.8, 4) is 0 Å². The Hall–Kier alpha value is -0.590. The second kappa shape index (κ2) is 7.11. The Balaban J connectivity index is 2.25. The maximum Gasteiger partial charge on any atom is 0.148 e. The number of halogens is 1. The lowest BCUT2D eigenvalue weighted by atomic mass is 10.3. The third-order valence-electron chi connectivity index (χ3n) is 2.49. The van der Waals surface area contributed by atoms with Crippen LogP contribution in [0.2, 0.25) is 0 Å². The van der Waals surface area contributed by atoms with Crippen molar-refractivity contribution in [2.24, 2.45) is 0 Å². The van der Waals surface area contributed by atoms with E-state index in [9.17, 15) is 8.42 Å². The summed E-state index contributed by atoms with van der Waals surface area (Å²) in [6.45, 7) is 2.16. The van der Waals surface area contributed by atoms with E-state index in [-0.39, 0.29) is 5.75 Å². The predicted octanol–water partition coefficient (Wildman–Crippen LogP) is 1.84. The van der Waals surface area contributed by atoms with E-state index < -0.39 is 9.84 Å². The fourth-order valence-electron chi connectivity index (χ4n) is 1.42. The number of hydrogen-bond acceptors (Lipinski definition) is 4. The first-order chi connectivity index (χ1) is 8.37. The second-order valence-corrected chi connectivity index (χ2v) is 7.55. The van der Waals surface area contributed by atoms with Crippen LogP contribution in [0.15, 0.2) is 28.7 Å². The summed E-state index contributed by atoms with van der Waals surface area (Å²) in [5, 5.41) is 3.29. The maximum absolute atomic E-state index is 11.0. The smallest absolute Gasteiger partial charge is 0.148 e. The topological polar surface area (TPSA) is 49.4 Å². The lowest BCUT2D eigenvalue weighted by molar-refractivity contribution is 0.367. The highest BCUT2D eigenvalue weighted by molar-refractivity contribution is 9.10. The minimum atomic E-state index is -2.87. The lowest BCUT2D eigenvalue weighted by Gasteiger charge is -2.16. The number of nitrogens with zero attached hydrogens (tertiary/aromatic N) is 1. The number of nitrogens with one attached hydrogen (secondary N) is 1. The van der Waals surface area contributed by atoms with Gasteiger partial charge in [-0.1, -0.05) is 22.0 Å². The predicted molar refractivity (Wildman–Crippen MR) is 79.8 cm³/mol. The molecule has 0 aliphatic heterocycles. The Kier molecular flexibility index (Phi) is 6.11. The third kappa shape index (κ3) is 6.98. The summed E-state index contributed by atoms with van der Waals surface area (Å²) in [6, 6.07) is 7.96. The molecule has 18 heavy (non-hydrogen) atoms. The van der Waals surface area contributed by atoms with Gasteiger partial charge in [-0.3, -0.25) is 0 Å². The van der Waals surface area contributed by atoms with Crippen LogP contribution in [-0.2, 0) is 9.84 Å². The molecule has 0 radical (unpaired) electrons. The highest BCUT2D eigenvalue weighted by Gasteiger charge is 2.05. The molecule has 0 saturated carbocycles. The van der Waals surface area contributed by atoms with Crippen molar-refractivity contribution in [2.75, 3.05) is 44.0 Å². The van der Waals surface area contributed by atoms with Gasteiger partial charge in [0.15, 0.2) is 0 Å². The monoisotopic (exact) mass is 334 g/mol. The van der Waals surface area contributed by atoms with E-state index in [1.807, 2.05) is 36.2 Å². The number of sulfone groups is 1. The Labute approximate surface area is 117 Å². The molecule has 0 unspecified atom stereocenters. The van der Waals surface area contributed by atoms with Gasteiger partial charge >= 0.3 is 0 Å². The van der Waals surface area contributed by atoms with Crippen LogP contribution in [-0.4, -0.2) is 52.0 Å². The summed E-state index contributed by atoms with van der Waals surface area (Å²) in [5.74, 6) is 0.209. The van der Waals surface area contributed by atoms with Crippen LogP contribution in [0.1, 0.15) is 0 Å². The summed E-state index contributed by atoms with van der Waals surface area (Å²) in [5.41, 5.74) is 1.06. The number of likely N-dealkylation sites (N-methyl/N-ethyl adjacent to an activating group) is 1. The van der Waals surface area contributed by atoms with Crippen molar-refractivity contribution < 1.29 is 8.42 Å². The SMILES string of the molecule is CN(CCNc1cccc(Br)c1)CCS(C)(=O)=O. The molecule has 0 bridgehead atoms. The van der Waals surface area contributed by atoms with Crippen molar-refractivity contribution in [3.05, 3.63) is 28.7 Å². The summed E-state index contributed by atoms with van der Waals surface area (Å²) < 4.78 is 23.1. The molecule has 0 fully saturated rings. The molecular formula is C12H19BrN2O2S. The molecule has 0 atom stereocenters. The molecule has 1 N–H and O–H groups in total. The average molecular weight is 335 g/mol. The fraction of sp³-hybridized carbons (Fsp3) is 0.500. The van der Waals surface area contributed by atoms with Gasteiger partial charge in [0.25, 0.3) is 0 Å². The van der Waals surface area contributed by atoms with E-state index in [1.54, 1.807) is 0 Å². The summed E-state index contributed by atoms with van der Waals surface area (Å²) in [7, 11) is -0.946. The maximum atomic E-state index is 11.0. The number of hydrogen-bond donors (Lipinski definition) is 1. The highest BCUT2D eigenvalue weighted by Crippen LogP contribution is 2.15. The van der Waals surface area contributed by atoms with E-state index in [0.29, 0.717) is 6.54 Å². The standard InChI is InChI=1S/C12H19BrN2O2S/c1-15(8-9-18(2,16)17)7-6-14-12-5-3-4-11(13)10-12/h3-5,10,14H,6-9H2,1-2H3. The average Bonchev–Trinajstić information content (AvgIpc) is 2.25. The zero-order valence-corrected chi connectivity index (χ0v) is 13.1. The molecule has 0 amide bonds. The van der Waals surface area contributed by atoms with Crippen LogP contribution in [0, 0.1) is 0 Å². The molecule has 1 rings (SSSR count). The first-order valence-corrected chi connectivity index (χ1v) is 8.58. The van der Waals surface area contributed by atoms with Gasteiger partial charge < -0.3 is 10.2 Å². The van der Waals surface area contributed by atoms with Crippen molar-refractivity contribution in [1.82, 2.24) is 4.90 Å². The minimum Gasteiger partial charge on any atom is -0.384 e. The van der Waals surface area contributed by atoms with Crippen LogP contribution in [0.25, 0.3) is 0 Å². The first-order valence-electron chi connectivity index (χ1n) is 5.72. The van der Waals surface area contributed by atoms with Crippen molar-refractivity contribution in [2.45, 2.75) is 0 Å². The molecule has 0 aliphatic carbocycles. The lowest BCUT2D eigenvalue weighted by Crippen LogP contribution is -2.29. The highest BCUT2D eigenvalue weighted by atomic mass is 79.9. The summed E-state index contributed by atoms with van der Waals surface area (Å²) in [4.78, 5) is 2.01. The van der Waals surface area contributed by atoms with E-state index in [2.05, 4.69) is 21.2 Å². The van der Waals surface area contributed by atoms with E-state index >= 15 is 0 Å². The van der Waals surface area contributed by atoms with Gasteiger partial charge in [0.1, 0.15) is 9.84 Å². The largest absolute Gasteiger partial charge is 0.384 e. The fourth-order valence-corrected chi connectivity index (χ4v) is 2.47. The van der Waals surface area contributed by atoms with Crippen LogP contribution in [0.3, 0.4) is 0 Å². The molecule has 0 spiro atoms. The molecule has 1 aromatic carbocycles. The number of rotatable bonds is 7. The molecule has 0 heterocycles. The van der Waals surface area contributed by atoms with Crippen molar-refractivity contribution in [1.29, 1.82) is 0 Å². The van der Waals surface area contributed by atoms with Crippen molar-refractivity contribution >= 4 is 31.5 Å². The molecular weight excluding hydrogens is 316 g/mol. The Morgan fingerprint density at radius 1 is 1.33 bits per heavy atom. The number of anilines is 1. The first kappa shape index (κ1) is 15.5. The van der Waals surface area contributed by atoms with Gasteiger partial charge in [0, 0.05) is 36.1 Å². The van der Waals surface area contributed by atoms with Gasteiger partial charge in [0.2, 0.25) is 0 Å². The van der Waals surface area contributed by atoms with Crippen LogP contribution in [0.5, 0.6) is 0 Å². The summed E-state index contributed by atoms with van der Waals surface area (Å²) in [6.07, 6.45) is 1.26. The Morgan fingerprint density at radius 2 is 2.06 bits per heavy atom. The molecule has 1 aromatic rings. The normalized spacial score (nSPS) is 11.8. The van der Waals surface area contributed by atoms with Gasteiger partial charge in [-0.2, -0.15) is 0 Å². The van der Waals surface area contributed by atoms with Crippen molar-refractivity contribution in [3.63, 3.8) is 0 Å². The van der Waals surface area contributed by atoms with Gasteiger partial charge in [-0.25, -0.2) is 8.42 Å². The van der Waals surface area contributed by atoms with Gasteiger partial charge in [-0.15, -0.1) is 0 Å². The quantitative estimate of drug-likeness (QED) is 0.826. The zero-order valence-electron chi connectivity index (χ0n) is 10.7. The number of benzene rings is 1. The van der Waals surface area contributed by atoms with E-state index in [4.69, 9.17) is 0 Å². The third-order valence-corrected chi connectivity index (χ3v) is 3.91. The van der Waals surface area contributed by atoms with Gasteiger partial charge in [-0.05, 0) is 25.2 Å². The minimum absolute atomic E-state index is 0.209. The molecule has 0 aliphatic rings. The van der Waals surface area contributed by atoms with Crippen LogP contribution < -0.4 is 5.32 Å². The molecule has 0 aromatic heterocycles. The molecule has 4 nitrogen and oxygen atoms in total. The summed E-state index contributed by atoms with van der Waals surface area (Å²) >= 11 is 3.41. The zero-order chi connectivity index (χ0) is 13.6. The van der Waals surface area contributed by atoms with Crippen LogP contribution >= 0.6 is 15.9 Å². The Bertz CT molecular complexity index is 477. The van der Waals surface area contributed by atoms with Crippen LogP contribution in [0.4, 0.5) is 5.69 Å².